The fraction of sp³-hybridized carbons (Fsp3) is 0.558. The maximum Gasteiger partial charge on any atom is 0.203 e. The summed E-state index contributed by atoms with van der Waals surface area (Å²) in [6.07, 6.45) is 9.86. The van der Waals surface area contributed by atoms with Gasteiger partial charge in [0.1, 0.15) is 22.8 Å². The molecule has 268 valence electrons. The van der Waals surface area contributed by atoms with Crippen molar-refractivity contribution in [2.24, 2.45) is 34.5 Å². The highest BCUT2D eigenvalue weighted by atomic mass is 16.3. The van der Waals surface area contributed by atoms with Crippen molar-refractivity contribution >= 4 is 23.1 Å². The molecule has 2 saturated carbocycles. The molecule has 2 fully saturated rings. The number of phenolic OH excluding ortho intramolecular Hbond substituents is 1. The number of hydrogen-bond donors (Lipinski definition) is 4. The van der Waals surface area contributed by atoms with E-state index < -0.39 is 56.8 Å². The van der Waals surface area contributed by atoms with E-state index in [0.717, 1.165) is 36.8 Å². The van der Waals surface area contributed by atoms with Crippen LogP contribution in [-0.4, -0.2) is 43.4 Å². The number of carbonyl (C=O) groups is 3. The van der Waals surface area contributed by atoms with Gasteiger partial charge in [-0.3, -0.25) is 14.4 Å². The van der Waals surface area contributed by atoms with Gasteiger partial charge in [-0.2, -0.15) is 0 Å². The van der Waals surface area contributed by atoms with E-state index in [0.29, 0.717) is 11.5 Å². The molecule has 2 aromatic rings. The first-order valence-electron chi connectivity index (χ1n) is 18.7. The van der Waals surface area contributed by atoms with Crippen LogP contribution in [-0.2, 0) is 33.6 Å². The van der Waals surface area contributed by atoms with Crippen molar-refractivity contribution in [3.63, 3.8) is 0 Å². The average molecular weight is 683 g/mol. The highest BCUT2D eigenvalue weighted by Crippen LogP contribution is 2.65. The first-order valence-corrected chi connectivity index (χ1v) is 18.7. The number of phenols is 1. The summed E-state index contributed by atoms with van der Waals surface area (Å²) in [6.45, 7) is 12.7. The Labute approximate surface area is 296 Å². The second kappa shape index (κ2) is 12.8. The Bertz CT molecular complexity index is 1820. The fourth-order valence-electron chi connectivity index (χ4n) is 10.8. The summed E-state index contributed by atoms with van der Waals surface area (Å²) in [5.41, 5.74) is -0.567. The minimum atomic E-state index is -2.62. The fourth-order valence-corrected chi connectivity index (χ4v) is 10.8. The number of aromatic hydroxyl groups is 1. The van der Waals surface area contributed by atoms with Gasteiger partial charge in [-0.1, -0.05) is 91.5 Å². The van der Waals surface area contributed by atoms with Crippen LogP contribution in [0.1, 0.15) is 116 Å². The van der Waals surface area contributed by atoms with E-state index in [9.17, 15) is 34.8 Å². The van der Waals surface area contributed by atoms with Crippen LogP contribution in [0.3, 0.4) is 0 Å². The summed E-state index contributed by atoms with van der Waals surface area (Å²) in [5.74, 6) is -3.69. The number of aliphatic hydroxyl groups excluding tert-OH is 2. The molecule has 1 unspecified atom stereocenters. The number of aliphatic hydroxyl groups is 3. The largest absolute Gasteiger partial charge is 0.508 e. The Hall–Kier alpha value is -3.71. The van der Waals surface area contributed by atoms with Crippen LogP contribution < -0.4 is 0 Å². The van der Waals surface area contributed by atoms with E-state index in [-0.39, 0.29) is 35.6 Å². The number of rotatable bonds is 8. The van der Waals surface area contributed by atoms with E-state index in [1.54, 1.807) is 6.92 Å². The van der Waals surface area contributed by atoms with Crippen molar-refractivity contribution in [1.82, 2.24) is 0 Å². The van der Waals surface area contributed by atoms with E-state index in [4.69, 9.17) is 0 Å². The molecule has 0 aromatic heterocycles. The first kappa shape index (κ1) is 36.1. The zero-order valence-corrected chi connectivity index (χ0v) is 30.8. The lowest BCUT2D eigenvalue weighted by Gasteiger charge is -2.59. The lowest BCUT2D eigenvalue weighted by Crippen LogP contribution is -2.69. The third kappa shape index (κ3) is 5.29. The second-order valence-corrected chi connectivity index (χ2v) is 16.7. The smallest absolute Gasteiger partial charge is 0.203 e. The zero-order chi connectivity index (χ0) is 36.5. The minimum absolute atomic E-state index is 0.0702. The lowest BCUT2D eigenvalue weighted by atomic mass is 9.43. The molecule has 7 nitrogen and oxygen atoms in total. The van der Waals surface area contributed by atoms with Gasteiger partial charge in [-0.15, -0.1) is 0 Å². The summed E-state index contributed by atoms with van der Waals surface area (Å²) >= 11 is 0. The molecule has 4 aliphatic rings. The molecule has 7 heteroatoms. The van der Waals surface area contributed by atoms with Crippen LogP contribution >= 0.6 is 0 Å². The Kier molecular flexibility index (Phi) is 9.24. The van der Waals surface area contributed by atoms with Crippen molar-refractivity contribution in [2.75, 3.05) is 0 Å². The van der Waals surface area contributed by atoms with Gasteiger partial charge in [0.2, 0.25) is 5.78 Å². The van der Waals surface area contributed by atoms with Crippen LogP contribution in [0.15, 0.2) is 47.2 Å². The maximum atomic E-state index is 14.7. The average Bonchev–Trinajstić information content (AvgIpc) is 3.03. The van der Waals surface area contributed by atoms with Crippen molar-refractivity contribution < 1.29 is 34.8 Å². The monoisotopic (exact) mass is 682 g/mol. The highest BCUT2D eigenvalue weighted by molar-refractivity contribution is 6.24. The first-order chi connectivity index (χ1) is 23.5. The summed E-state index contributed by atoms with van der Waals surface area (Å²) in [7, 11) is 0. The van der Waals surface area contributed by atoms with Crippen LogP contribution in [0.5, 0.6) is 5.75 Å². The molecule has 0 aliphatic heterocycles. The molecule has 2 aromatic carbocycles. The number of benzene rings is 2. The van der Waals surface area contributed by atoms with E-state index in [1.165, 1.54) is 55.7 Å². The Morgan fingerprint density at radius 2 is 1.60 bits per heavy atom. The molecule has 0 bridgehead atoms. The molecule has 4 N–H and O–H groups in total. The molecule has 0 amide bonds. The predicted octanol–water partition coefficient (Wildman–Crippen LogP) is 8.57. The van der Waals surface area contributed by atoms with Crippen molar-refractivity contribution in [2.45, 2.75) is 118 Å². The zero-order valence-electron chi connectivity index (χ0n) is 30.8. The van der Waals surface area contributed by atoms with Gasteiger partial charge < -0.3 is 20.4 Å². The molecule has 0 heterocycles. The molecule has 50 heavy (non-hydrogen) atoms. The Morgan fingerprint density at radius 3 is 2.20 bits per heavy atom. The SMILES string of the molecule is CCCC1CCC(Cc2cc(-c3ccc(O)c4c3C[C@]3(C)C[C@]5(C)C(C(C)C)C(=O)C(C(C)=O)=C(O)[C@]5(O)C(=O)C3=C4O)ccc2CC)CC1. The third-order valence-corrected chi connectivity index (χ3v) is 13.0. The van der Waals surface area contributed by atoms with Gasteiger partial charge in [0, 0.05) is 22.3 Å². The molecular formula is C43H54O7. The van der Waals surface area contributed by atoms with E-state index in [1.807, 2.05) is 26.8 Å². The summed E-state index contributed by atoms with van der Waals surface area (Å²) in [4.78, 5) is 41.2. The van der Waals surface area contributed by atoms with Gasteiger partial charge in [-0.25, -0.2) is 0 Å². The summed E-state index contributed by atoms with van der Waals surface area (Å²) < 4.78 is 0. The van der Waals surface area contributed by atoms with Gasteiger partial charge in [0.05, 0.1) is 5.56 Å². The van der Waals surface area contributed by atoms with Gasteiger partial charge >= 0.3 is 0 Å². The number of fused-ring (bicyclic) bond motifs is 3. The quantitative estimate of drug-likeness (QED) is 0.205. The molecule has 6 rings (SSSR count). The third-order valence-electron chi connectivity index (χ3n) is 13.0. The number of carbonyl (C=O) groups excluding carboxylic acids is 3. The molecule has 0 radical (unpaired) electrons. The maximum absolute atomic E-state index is 14.7. The lowest BCUT2D eigenvalue weighted by molar-refractivity contribution is -0.178. The molecule has 0 spiro atoms. The normalized spacial score (nSPS) is 31.1. The van der Waals surface area contributed by atoms with Crippen molar-refractivity contribution in [3.8, 4) is 16.9 Å². The van der Waals surface area contributed by atoms with Crippen molar-refractivity contribution in [3.05, 3.63) is 69.5 Å². The number of Topliss-reactive ketones (excluding diaryl/α,β-unsaturated/α-hetero) is 3. The predicted molar refractivity (Wildman–Crippen MR) is 195 cm³/mol. The number of hydrogen-bond acceptors (Lipinski definition) is 7. The second-order valence-electron chi connectivity index (χ2n) is 16.7. The van der Waals surface area contributed by atoms with E-state index in [2.05, 4.69) is 32.0 Å². The Morgan fingerprint density at radius 1 is 0.940 bits per heavy atom. The summed E-state index contributed by atoms with van der Waals surface area (Å²) in [5, 5.41) is 47.0. The van der Waals surface area contributed by atoms with Gasteiger partial charge in [-0.05, 0) is 97.1 Å². The molecule has 4 atom stereocenters. The van der Waals surface area contributed by atoms with Gasteiger partial charge in [0.15, 0.2) is 17.2 Å². The topological polar surface area (TPSA) is 132 Å². The van der Waals surface area contributed by atoms with Crippen LogP contribution in [0.25, 0.3) is 16.9 Å². The van der Waals surface area contributed by atoms with Crippen LogP contribution in [0, 0.1) is 34.5 Å². The van der Waals surface area contributed by atoms with Gasteiger partial charge in [0.25, 0.3) is 0 Å². The molecule has 0 saturated heterocycles. The molecule has 4 aliphatic carbocycles. The minimum Gasteiger partial charge on any atom is -0.508 e. The van der Waals surface area contributed by atoms with Crippen LogP contribution in [0.4, 0.5) is 0 Å². The Balaban J connectivity index is 1.47. The number of ketones is 3. The standard InChI is InChI=1S/C43H54O7/c1-8-10-25-11-13-26(14-12-25)19-29-20-28(16-15-27(29)9-2)30-17-18-32(45)34-31(30)21-41(6)22-42(7)35(23(3)4)37(46)33(24(5)44)39(48)43(42,50)40(49)36(41)38(34)47/h15-18,20,23,25-26,35,45,47-48,50H,8-14,19,21-22H2,1-7H3/t25?,26?,35?,41-,42-,43+/m1/s1. The number of aryl methyl sites for hydroxylation is 1. The number of allylic oxidation sites excluding steroid dienone is 1. The van der Waals surface area contributed by atoms with Crippen molar-refractivity contribution in [1.29, 1.82) is 0 Å². The molecular weight excluding hydrogens is 628 g/mol. The summed E-state index contributed by atoms with van der Waals surface area (Å²) in [6, 6.07) is 9.94. The highest BCUT2D eigenvalue weighted by Gasteiger charge is 2.72. The van der Waals surface area contributed by atoms with Crippen LogP contribution in [0.2, 0.25) is 0 Å². The van der Waals surface area contributed by atoms with E-state index >= 15 is 0 Å².